The Morgan fingerprint density at radius 1 is 1.06 bits per heavy atom. The lowest BCUT2D eigenvalue weighted by Gasteiger charge is -2.30. The van der Waals surface area contributed by atoms with Crippen LogP contribution in [0, 0.1) is 12.8 Å². The number of aryl methyl sites for hydroxylation is 1. The van der Waals surface area contributed by atoms with Crippen LogP contribution in [0.25, 0.3) is 0 Å². The summed E-state index contributed by atoms with van der Waals surface area (Å²) in [5.41, 5.74) is 3.17. The monoisotopic (exact) mass is 452 g/mol. The van der Waals surface area contributed by atoms with Gasteiger partial charge in [-0.05, 0) is 49.1 Å². The molecule has 1 saturated heterocycles. The first-order chi connectivity index (χ1) is 15.4. The van der Waals surface area contributed by atoms with Gasteiger partial charge in [0.1, 0.15) is 0 Å². The van der Waals surface area contributed by atoms with E-state index in [-0.39, 0.29) is 11.8 Å². The van der Waals surface area contributed by atoms with Gasteiger partial charge in [0, 0.05) is 37.9 Å². The molecule has 8 heteroatoms. The van der Waals surface area contributed by atoms with Gasteiger partial charge in [-0.1, -0.05) is 42.0 Å². The number of aromatic nitrogens is 2. The number of carbonyl (C=O) groups excluding carboxylic acids is 1. The van der Waals surface area contributed by atoms with Crippen LogP contribution in [0.1, 0.15) is 29.5 Å². The van der Waals surface area contributed by atoms with E-state index in [0.717, 1.165) is 16.7 Å². The number of rotatable bonds is 7. The van der Waals surface area contributed by atoms with Crippen LogP contribution >= 0.6 is 0 Å². The van der Waals surface area contributed by atoms with Crippen molar-refractivity contribution in [2.24, 2.45) is 5.92 Å². The Morgan fingerprint density at radius 3 is 2.47 bits per heavy atom. The molecule has 32 heavy (non-hydrogen) atoms. The van der Waals surface area contributed by atoms with Gasteiger partial charge >= 0.3 is 0 Å². The maximum Gasteiger partial charge on any atom is 0.243 e. The molecule has 0 bridgehead atoms. The standard InChI is InChI=1S/C24H28N4O3S/c1-19-6-8-23(9-7-19)32(30,31)28-14-10-22(11-15-28)24(29)25-17-20-4-2-5-21(16-20)18-27-13-3-12-26-27/h2-9,12-13,16,22H,10-11,14-15,17-18H2,1H3,(H,25,29). The number of benzene rings is 2. The maximum atomic E-state index is 12.9. The molecule has 168 valence electrons. The minimum Gasteiger partial charge on any atom is -0.352 e. The Morgan fingerprint density at radius 2 is 1.78 bits per heavy atom. The third kappa shape index (κ3) is 5.26. The Labute approximate surface area is 189 Å². The third-order valence-corrected chi connectivity index (χ3v) is 7.76. The zero-order valence-corrected chi connectivity index (χ0v) is 19.0. The lowest BCUT2D eigenvalue weighted by molar-refractivity contribution is -0.126. The fourth-order valence-electron chi connectivity index (χ4n) is 3.97. The Bertz CT molecular complexity index is 1150. The molecule has 1 aromatic heterocycles. The number of hydrogen-bond donors (Lipinski definition) is 1. The van der Waals surface area contributed by atoms with Crippen molar-refractivity contribution in [1.29, 1.82) is 0 Å². The van der Waals surface area contributed by atoms with Gasteiger partial charge in [-0.3, -0.25) is 9.48 Å². The Hall–Kier alpha value is -2.97. The van der Waals surface area contributed by atoms with Crippen molar-refractivity contribution in [3.8, 4) is 0 Å². The summed E-state index contributed by atoms with van der Waals surface area (Å²) in [6.45, 7) is 3.77. The van der Waals surface area contributed by atoms with Gasteiger partial charge < -0.3 is 5.32 Å². The van der Waals surface area contributed by atoms with Gasteiger partial charge in [-0.25, -0.2) is 8.42 Å². The molecule has 0 aliphatic carbocycles. The Balaban J connectivity index is 1.29. The predicted molar refractivity (Wildman–Crippen MR) is 122 cm³/mol. The molecule has 2 heterocycles. The fraction of sp³-hybridized carbons (Fsp3) is 0.333. The van der Waals surface area contributed by atoms with Crippen molar-refractivity contribution in [2.75, 3.05) is 13.1 Å². The smallest absolute Gasteiger partial charge is 0.243 e. The van der Waals surface area contributed by atoms with E-state index in [9.17, 15) is 13.2 Å². The maximum absolute atomic E-state index is 12.9. The van der Waals surface area contributed by atoms with E-state index in [2.05, 4.69) is 16.5 Å². The molecule has 2 aromatic carbocycles. The molecule has 1 fully saturated rings. The Kier molecular flexibility index (Phi) is 6.72. The van der Waals surface area contributed by atoms with Crippen LogP contribution in [0.2, 0.25) is 0 Å². The molecule has 0 saturated carbocycles. The summed E-state index contributed by atoms with van der Waals surface area (Å²) in [7, 11) is -3.52. The van der Waals surface area contributed by atoms with E-state index in [0.29, 0.717) is 43.9 Å². The second kappa shape index (κ2) is 9.67. The molecule has 3 aromatic rings. The van der Waals surface area contributed by atoms with Crippen molar-refractivity contribution in [1.82, 2.24) is 19.4 Å². The van der Waals surface area contributed by atoms with Gasteiger partial charge in [0.25, 0.3) is 0 Å². The van der Waals surface area contributed by atoms with E-state index in [1.807, 2.05) is 42.1 Å². The molecule has 0 spiro atoms. The highest BCUT2D eigenvalue weighted by atomic mass is 32.2. The molecule has 0 radical (unpaired) electrons. The van der Waals surface area contributed by atoms with E-state index >= 15 is 0 Å². The number of piperidine rings is 1. The summed E-state index contributed by atoms with van der Waals surface area (Å²) in [6.07, 6.45) is 4.72. The molecule has 4 rings (SSSR count). The van der Waals surface area contributed by atoms with Crippen LogP contribution in [0.15, 0.2) is 71.9 Å². The highest BCUT2D eigenvalue weighted by Gasteiger charge is 2.31. The zero-order valence-electron chi connectivity index (χ0n) is 18.1. The summed E-state index contributed by atoms with van der Waals surface area (Å²) >= 11 is 0. The van der Waals surface area contributed by atoms with Crippen molar-refractivity contribution in [3.63, 3.8) is 0 Å². The minimum absolute atomic E-state index is 0.0186. The second-order valence-electron chi connectivity index (χ2n) is 8.23. The van der Waals surface area contributed by atoms with Crippen LogP contribution in [-0.2, 0) is 27.9 Å². The van der Waals surface area contributed by atoms with Gasteiger partial charge in [0.05, 0.1) is 11.4 Å². The summed E-state index contributed by atoms with van der Waals surface area (Å²) < 4.78 is 29.0. The molecule has 1 aliphatic heterocycles. The summed E-state index contributed by atoms with van der Waals surface area (Å²) in [5, 5.41) is 7.24. The summed E-state index contributed by atoms with van der Waals surface area (Å²) in [5.74, 6) is -0.193. The average Bonchev–Trinajstić information content (AvgIpc) is 3.31. The first-order valence-electron chi connectivity index (χ1n) is 10.8. The van der Waals surface area contributed by atoms with E-state index < -0.39 is 10.0 Å². The number of sulfonamides is 1. The number of carbonyl (C=O) groups is 1. The van der Waals surface area contributed by atoms with Crippen molar-refractivity contribution in [2.45, 2.75) is 37.8 Å². The molecule has 0 unspecified atom stereocenters. The highest BCUT2D eigenvalue weighted by Crippen LogP contribution is 2.24. The predicted octanol–water partition coefficient (Wildman–Crippen LogP) is 2.96. The zero-order chi connectivity index (χ0) is 22.6. The largest absolute Gasteiger partial charge is 0.352 e. The molecule has 7 nitrogen and oxygen atoms in total. The molecule has 1 N–H and O–H groups in total. The van der Waals surface area contributed by atoms with Gasteiger partial charge in [0.2, 0.25) is 15.9 Å². The van der Waals surface area contributed by atoms with Crippen LogP contribution in [0.3, 0.4) is 0 Å². The second-order valence-corrected chi connectivity index (χ2v) is 10.2. The van der Waals surface area contributed by atoms with Gasteiger partial charge in [-0.2, -0.15) is 9.40 Å². The van der Waals surface area contributed by atoms with E-state index in [4.69, 9.17) is 0 Å². The average molecular weight is 453 g/mol. The number of hydrogen-bond acceptors (Lipinski definition) is 4. The van der Waals surface area contributed by atoms with Crippen LogP contribution in [0.4, 0.5) is 0 Å². The third-order valence-electron chi connectivity index (χ3n) is 5.85. The van der Waals surface area contributed by atoms with Crippen molar-refractivity contribution < 1.29 is 13.2 Å². The minimum atomic E-state index is -3.52. The molecule has 1 aliphatic rings. The first kappa shape index (κ1) is 22.2. The number of amides is 1. The molecule has 1 amide bonds. The highest BCUT2D eigenvalue weighted by molar-refractivity contribution is 7.89. The number of nitrogens with one attached hydrogen (secondary N) is 1. The van der Waals surface area contributed by atoms with Crippen molar-refractivity contribution in [3.05, 3.63) is 83.7 Å². The van der Waals surface area contributed by atoms with Crippen LogP contribution in [0.5, 0.6) is 0 Å². The SMILES string of the molecule is Cc1ccc(S(=O)(=O)N2CCC(C(=O)NCc3cccc(Cn4cccn4)c3)CC2)cc1. The number of nitrogens with zero attached hydrogens (tertiary/aromatic N) is 3. The molecular formula is C24H28N4O3S. The van der Waals surface area contributed by atoms with Crippen LogP contribution in [-0.4, -0.2) is 41.5 Å². The topological polar surface area (TPSA) is 84.3 Å². The van der Waals surface area contributed by atoms with Crippen molar-refractivity contribution >= 4 is 15.9 Å². The van der Waals surface area contributed by atoms with E-state index in [1.54, 1.807) is 30.5 Å². The first-order valence-corrected chi connectivity index (χ1v) is 12.3. The molecular weight excluding hydrogens is 424 g/mol. The van der Waals surface area contributed by atoms with E-state index in [1.165, 1.54) is 4.31 Å². The van der Waals surface area contributed by atoms with Crippen LogP contribution < -0.4 is 5.32 Å². The quantitative estimate of drug-likeness (QED) is 0.597. The van der Waals surface area contributed by atoms with Gasteiger partial charge in [-0.15, -0.1) is 0 Å². The lowest BCUT2D eigenvalue weighted by Crippen LogP contribution is -2.42. The van der Waals surface area contributed by atoms with Gasteiger partial charge in [0.15, 0.2) is 0 Å². The normalized spacial score (nSPS) is 15.5. The lowest BCUT2D eigenvalue weighted by atomic mass is 9.97. The summed E-state index contributed by atoms with van der Waals surface area (Å²) in [6, 6.07) is 16.9. The summed E-state index contributed by atoms with van der Waals surface area (Å²) in [4.78, 5) is 13.0. The fourth-order valence-corrected chi connectivity index (χ4v) is 5.44. The molecule has 0 atom stereocenters.